The molecule has 0 aliphatic carbocycles. The van der Waals surface area contributed by atoms with E-state index in [0.717, 1.165) is 21.8 Å². The number of nitrogens with zero attached hydrogens (tertiary/aromatic N) is 1. The summed E-state index contributed by atoms with van der Waals surface area (Å²) in [4.78, 5) is 11.3. The van der Waals surface area contributed by atoms with E-state index in [-0.39, 0.29) is 18.0 Å². The summed E-state index contributed by atoms with van der Waals surface area (Å²) in [5.74, 6) is -0.947. The number of hydrogen-bond acceptors (Lipinski definition) is 4. The van der Waals surface area contributed by atoms with E-state index in [2.05, 4.69) is 5.16 Å². The number of oxime groups is 1. The number of thiophene rings is 1. The molecule has 0 saturated carbocycles. The van der Waals surface area contributed by atoms with Crippen LogP contribution in [0.5, 0.6) is 0 Å². The number of carbonyl (C=O) groups is 1. The molecule has 6 heteroatoms. The molecule has 0 saturated heterocycles. The molecule has 0 bridgehead atoms. The second-order valence-electron chi connectivity index (χ2n) is 4.12. The normalized spacial score (nSPS) is 11.6. The lowest BCUT2D eigenvalue weighted by molar-refractivity contribution is -0.136. The Bertz CT molecular complexity index is 634. The van der Waals surface area contributed by atoms with Gasteiger partial charge in [-0.25, -0.2) is 0 Å². The summed E-state index contributed by atoms with van der Waals surface area (Å²) in [6.45, 7) is 0. The van der Waals surface area contributed by atoms with E-state index in [1.807, 2.05) is 0 Å². The maximum Gasteiger partial charge on any atom is 0.303 e. The Labute approximate surface area is 118 Å². The van der Waals surface area contributed by atoms with Gasteiger partial charge >= 0.3 is 5.97 Å². The maximum atomic E-state index is 13.0. The van der Waals surface area contributed by atoms with Crippen molar-refractivity contribution < 1.29 is 19.5 Å². The predicted octanol–water partition coefficient (Wildman–Crippen LogP) is 3.60. The Morgan fingerprint density at radius 3 is 2.35 bits per heavy atom. The van der Waals surface area contributed by atoms with E-state index in [4.69, 9.17) is 10.3 Å². The highest BCUT2D eigenvalue weighted by Crippen LogP contribution is 2.27. The van der Waals surface area contributed by atoms with Crippen molar-refractivity contribution in [2.45, 2.75) is 12.8 Å². The predicted molar refractivity (Wildman–Crippen MR) is 74.9 cm³/mol. The van der Waals surface area contributed by atoms with Crippen LogP contribution in [0.25, 0.3) is 10.4 Å². The highest BCUT2D eigenvalue weighted by Gasteiger charge is 2.08. The van der Waals surface area contributed by atoms with Crippen LogP contribution in [0.3, 0.4) is 0 Å². The van der Waals surface area contributed by atoms with Crippen LogP contribution in [0.4, 0.5) is 4.39 Å². The molecule has 0 atom stereocenters. The Kier molecular flexibility index (Phi) is 4.47. The van der Waals surface area contributed by atoms with Gasteiger partial charge in [-0.2, -0.15) is 4.39 Å². The molecule has 1 heterocycles. The molecule has 1 aromatic carbocycles. The molecular weight excluding hydrogens is 281 g/mol. The Hall–Kier alpha value is -2.21. The van der Waals surface area contributed by atoms with Gasteiger partial charge in [0, 0.05) is 11.3 Å². The lowest BCUT2D eigenvalue weighted by atomic mass is 10.0. The number of aliphatic carboxylic acids is 1. The van der Waals surface area contributed by atoms with Gasteiger partial charge in [-0.3, -0.25) is 4.79 Å². The summed E-state index contributed by atoms with van der Waals surface area (Å²) in [7, 11) is 0. The fraction of sp³-hybridized carbons (Fsp3) is 0.143. The fourth-order valence-corrected chi connectivity index (χ4v) is 2.51. The first kappa shape index (κ1) is 14.2. The van der Waals surface area contributed by atoms with Crippen LogP contribution in [-0.2, 0) is 4.79 Å². The standard InChI is InChI=1S/C14H12FNO3S/c15-13-7-6-12(20-13)10-3-1-9(2-4-10)11(16-19)5-8-14(17)18/h1-4,6-7,19H,5,8H2,(H,17,18)/b16-11+. The zero-order chi connectivity index (χ0) is 14.5. The number of halogens is 1. The second-order valence-corrected chi connectivity index (χ2v) is 5.16. The molecule has 0 fully saturated rings. The minimum absolute atomic E-state index is 0.0999. The zero-order valence-corrected chi connectivity index (χ0v) is 11.2. The molecule has 1 aromatic heterocycles. The van der Waals surface area contributed by atoms with Crippen molar-refractivity contribution in [2.75, 3.05) is 0 Å². The van der Waals surface area contributed by atoms with Gasteiger partial charge in [-0.1, -0.05) is 29.4 Å². The Morgan fingerprint density at radius 1 is 1.15 bits per heavy atom. The van der Waals surface area contributed by atoms with Gasteiger partial charge in [-0.05, 0) is 23.3 Å². The third kappa shape index (κ3) is 3.42. The van der Waals surface area contributed by atoms with Gasteiger partial charge in [0.05, 0.1) is 12.1 Å². The van der Waals surface area contributed by atoms with E-state index < -0.39 is 5.97 Å². The highest BCUT2D eigenvalue weighted by atomic mass is 32.1. The largest absolute Gasteiger partial charge is 0.481 e. The molecule has 0 aliphatic rings. The van der Waals surface area contributed by atoms with E-state index >= 15 is 0 Å². The quantitative estimate of drug-likeness (QED) is 0.503. The average Bonchev–Trinajstić information content (AvgIpc) is 2.86. The number of benzene rings is 1. The summed E-state index contributed by atoms with van der Waals surface area (Å²) in [5.41, 5.74) is 1.82. The molecule has 0 unspecified atom stereocenters. The average molecular weight is 293 g/mol. The third-order valence-electron chi connectivity index (χ3n) is 2.77. The first-order valence-corrected chi connectivity index (χ1v) is 6.70. The van der Waals surface area contributed by atoms with Crippen molar-refractivity contribution in [3.8, 4) is 10.4 Å². The number of hydrogen-bond donors (Lipinski definition) is 2. The second kappa shape index (κ2) is 6.29. The molecular formula is C14H12FNO3S. The van der Waals surface area contributed by atoms with Gasteiger partial charge < -0.3 is 10.3 Å². The van der Waals surface area contributed by atoms with E-state index in [9.17, 15) is 9.18 Å². The number of carboxylic acids is 1. The molecule has 0 aliphatic heterocycles. The molecule has 20 heavy (non-hydrogen) atoms. The van der Waals surface area contributed by atoms with Crippen LogP contribution >= 0.6 is 11.3 Å². The lowest BCUT2D eigenvalue weighted by Crippen LogP contribution is -2.05. The topological polar surface area (TPSA) is 69.9 Å². The molecule has 2 rings (SSSR count). The highest BCUT2D eigenvalue weighted by molar-refractivity contribution is 7.13. The molecule has 2 aromatic rings. The van der Waals surface area contributed by atoms with Gasteiger partial charge in [0.15, 0.2) is 5.13 Å². The third-order valence-corrected chi connectivity index (χ3v) is 3.70. The lowest BCUT2D eigenvalue weighted by Gasteiger charge is -2.04. The van der Waals surface area contributed by atoms with E-state index in [1.54, 1.807) is 30.3 Å². The molecule has 104 valence electrons. The summed E-state index contributed by atoms with van der Waals surface area (Å²) in [5, 5.41) is 20.4. The van der Waals surface area contributed by atoms with Gasteiger partial charge in [0.2, 0.25) is 0 Å². The molecule has 0 amide bonds. The summed E-state index contributed by atoms with van der Waals surface area (Å²) in [6, 6.07) is 10.1. The SMILES string of the molecule is O=C(O)CC/C(=N\O)c1ccc(-c2ccc(F)s2)cc1. The first-order chi connectivity index (χ1) is 9.60. The molecule has 0 spiro atoms. The van der Waals surface area contributed by atoms with Gasteiger partial charge in [0.25, 0.3) is 0 Å². The minimum Gasteiger partial charge on any atom is -0.481 e. The molecule has 4 nitrogen and oxygen atoms in total. The first-order valence-electron chi connectivity index (χ1n) is 5.89. The van der Waals surface area contributed by atoms with Crippen molar-refractivity contribution in [1.82, 2.24) is 0 Å². The summed E-state index contributed by atoms with van der Waals surface area (Å²) >= 11 is 1.05. The van der Waals surface area contributed by atoms with Crippen LogP contribution < -0.4 is 0 Å². The fourth-order valence-electron chi connectivity index (χ4n) is 1.77. The van der Waals surface area contributed by atoms with Crippen LogP contribution in [0.1, 0.15) is 18.4 Å². The Morgan fingerprint density at radius 2 is 1.85 bits per heavy atom. The van der Waals surface area contributed by atoms with Gasteiger partial charge in [0.1, 0.15) is 0 Å². The summed E-state index contributed by atoms with van der Waals surface area (Å²) in [6.07, 6.45) is 0.0517. The van der Waals surface area contributed by atoms with Crippen molar-refractivity contribution >= 4 is 23.0 Å². The number of rotatable bonds is 5. The van der Waals surface area contributed by atoms with Crippen molar-refractivity contribution in [2.24, 2.45) is 5.16 Å². The molecule has 0 radical (unpaired) electrons. The Balaban J connectivity index is 2.16. The minimum atomic E-state index is -0.947. The van der Waals surface area contributed by atoms with Crippen LogP contribution in [0.15, 0.2) is 41.6 Å². The van der Waals surface area contributed by atoms with E-state index in [1.165, 1.54) is 6.07 Å². The van der Waals surface area contributed by atoms with Crippen LogP contribution in [0, 0.1) is 5.13 Å². The van der Waals surface area contributed by atoms with Crippen molar-refractivity contribution in [3.63, 3.8) is 0 Å². The number of carboxylic acid groups (broad SMARTS) is 1. The smallest absolute Gasteiger partial charge is 0.303 e. The van der Waals surface area contributed by atoms with Crippen molar-refractivity contribution in [1.29, 1.82) is 0 Å². The van der Waals surface area contributed by atoms with Crippen molar-refractivity contribution in [3.05, 3.63) is 47.1 Å². The summed E-state index contributed by atoms with van der Waals surface area (Å²) < 4.78 is 13.0. The monoisotopic (exact) mass is 293 g/mol. The van der Waals surface area contributed by atoms with Gasteiger partial charge in [-0.15, -0.1) is 11.3 Å². The van der Waals surface area contributed by atoms with Crippen LogP contribution in [-0.4, -0.2) is 22.0 Å². The van der Waals surface area contributed by atoms with E-state index in [0.29, 0.717) is 11.3 Å². The molecule has 2 N–H and O–H groups in total. The zero-order valence-electron chi connectivity index (χ0n) is 10.4. The maximum absolute atomic E-state index is 13.0. The van der Waals surface area contributed by atoms with Crippen LogP contribution in [0.2, 0.25) is 0 Å².